The van der Waals surface area contributed by atoms with Gasteiger partial charge < -0.3 is 10.6 Å². The monoisotopic (exact) mass is 219 g/mol. The minimum absolute atomic E-state index is 0.0883. The summed E-state index contributed by atoms with van der Waals surface area (Å²) in [6.07, 6.45) is 1.19. The van der Waals surface area contributed by atoms with Crippen molar-refractivity contribution in [2.24, 2.45) is 5.73 Å². The summed E-state index contributed by atoms with van der Waals surface area (Å²) in [5.74, 6) is 0.0883. The molecule has 6 heteroatoms. The van der Waals surface area contributed by atoms with Crippen LogP contribution in [0.25, 0.3) is 0 Å². The van der Waals surface area contributed by atoms with Crippen molar-refractivity contribution in [3.05, 3.63) is 0 Å². The van der Waals surface area contributed by atoms with Crippen molar-refractivity contribution in [3.63, 3.8) is 0 Å². The van der Waals surface area contributed by atoms with Crippen LogP contribution in [-0.4, -0.2) is 51.0 Å². The number of sulfone groups is 1. The van der Waals surface area contributed by atoms with E-state index in [-0.39, 0.29) is 5.75 Å². The molecule has 0 fully saturated rings. The summed E-state index contributed by atoms with van der Waals surface area (Å²) >= 11 is 0. The van der Waals surface area contributed by atoms with Crippen molar-refractivity contribution in [2.75, 3.05) is 32.1 Å². The van der Waals surface area contributed by atoms with Gasteiger partial charge in [-0.1, -0.05) is 0 Å². The summed E-state index contributed by atoms with van der Waals surface area (Å²) in [4.78, 5) is 1.74. The SMILES string of the molecule is CN(CCS(C)(=O)=O)CC(C)(N)C#N. The molecule has 0 saturated carbocycles. The topological polar surface area (TPSA) is 87.2 Å². The second-order valence-corrected chi connectivity index (χ2v) is 6.16. The highest BCUT2D eigenvalue weighted by molar-refractivity contribution is 7.90. The van der Waals surface area contributed by atoms with Gasteiger partial charge in [0.15, 0.2) is 0 Å². The number of hydrogen-bond donors (Lipinski definition) is 1. The number of nitrogens with zero attached hydrogens (tertiary/aromatic N) is 2. The predicted octanol–water partition coefficient (Wildman–Crippen LogP) is -0.796. The second kappa shape index (κ2) is 4.73. The molecule has 0 aliphatic rings. The first-order valence-corrected chi connectivity index (χ1v) is 6.29. The van der Waals surface area contributed by atoms with Crippen molar-refractivity contribution in [1.82, 2.24) is 4.90 Å². The molecule has 1 unspecified atom stereocenters. The van der Waals surface area contributed by atoms with Crippen LogP contribution in [0.15, 0.2) is 0 Å². The minimum Gasteiger partial charge on any atom is -0.313 e. The van der Waals surface area contributed by atoms with Crippen LogP contribution in [0.5, 0.6) is 0 Å². The molecular weight excluding hydrogens is 202 g/mol. The Balaban J connectivity index is 4.02. The molecule has 0 radical (unpaired) electrons. The van der Waals surface area contributed by atoms with Gasteiger partial charge in [0.25, 0.3) is 0 Å². The molecule has 0 saturated heterocycles. The van der Waals surface area contributed by atoms with E-state index in [9.17, 15) is 8.42 Å². The molecule has 0 spiro atoms. The third-order valence-electron chi connectivity index (χ3n) is 1.70. The zero-order chi connectivity index (χ0) is 11.4. The first kappa shape index (κ1) is 13.4. The van der Waals surface area contributed by atoms with Crippen molar-refractivity contribution in [2.45, 2.75) is 12.5 Å². The normalized spacial score (nSPS) is 16.3. The van der Waals surface area contributed by atoms with Crippen LogP contribution in [0, 0.1) is 11.3 Å². The summed E-state index contributed by atoms with van der Waals surface area (Å²) in [7, 11) is -1.20. The lowest BCUT2D eigenvalue weighted by Gasteiger charge is -2.23. The molecule has 0 aromatic carbocycles. The zero-order valence-electron chi connectivity index (χ0n) is 8.82. The van der Waals surface area contributed by atoms with Gasteiger partial charge >= 0.3 is 0 Å². The zero-order valence-corrected chi connectivity index (χ0v) is 9.63. The third kappa shape index (κ3) is 6.83. The Kier molecular flexibility index (Phi) is 4.52. The Labute approximate surface area is 85.4 Å². The maximum atomic E-state index is 10.8. The van der Waals surface area contributed by atoms with Gasteiger partial charge in [-0.05, 0) is 14.0 Å². The van der Waals surface area contributed by atoms with E-state index < -0.39 is 15.4 Å². The highest BCUT2D eigenvalue weighted by atomic mass is 32.2. The second-order valence-electron chi connectivity index (χ2n) is 3.90. The fraction of sp³-hybridized carbons (Fsp3) is 0.875. The number of nitriles is 1. The van der Waals surface area contributed by atoms with Crippen molar-refractivity contribution < 1.29 is 8.42 Å². The predicted molar refractivity (Wildman–Crippen MR) is 55.4 cm³/mol. The van der Waals surface area contributed by atoms with Crippen LogP contribution in [0.3, 0.4) is 0 Å². The smallest absolute Gasteiger partial charge is 0.148 e. The van der Waals surface area contributed by atoms with Crippen LogP contribution in [-0.2, 0) is 9.84 Å². The van der Waals surface area contributed by atoms with Crippen molar-refractivity contribution in [1.29, 1.82) is 5.26 Å². The van der Waals surface area contributed by atoms with Gasteiger partial charge in [0.05, 0.1) is 11.8 Å². The van der Waals surface area contributed by atoms with Gasteiger partial charge in [0.1, 0.15) is 15.4 Å². The van der Waals surface area contributed by atoms with E-state index in [2.05, 4.69) is 0 Å². The summed E-state index contributed by atoms with van der Waals surface area (Å²) in [5.41, 5.74) is 4.68. The average Bonchev–Trinajstić information content (AvgIpc) is 1.99. The summed E-state index contributed by atoms with van der Waals surface area (Å²) in [5, 5.41) is 8.65. The van der Waals surface area contributed by atoms with Gasteiger partial charge in [-0.3, -0.25) is 0 Å². The van der Waals surface area contributed by atoms with E-state index in [0.29, 0.717) is 13.1 Å². The minimum atomic E-state index is -2.95. The molecule has 5 nitrogen and oxygen atoms in total. The Hall–Kier alpha value is -0.640. The average molecular weight is 219 g/mol. The lowest BCUT2D eigenvalue weighted by atomic mass is 10.1. The van der Waals surface area contributed by atoms with Crippen molar-refractivity contribution in [3.8, 4) is 6.07 Å². The van der Waals surface area contributed by atoms with Gasteiger partial charge in [0.2, 0.25) is 0 Å². The highest BCUT2D eigenvalue weighted by Gasteiger charge is 2.19. The summed E-state index contributed by atoms with van der Waals surface area (Å²) in [6.45, 7) is 2.37. The van der Waals surface area contributed by atoms with Crippen molar-refractivity contribution >= 4 is 9.84 Å². The number of nitrogens with two attached hydrogens (primary N) is 1. The Morgan fingerprint density at radius 2 is 2.07 bits per heavy atom. The maximum absolute atomic E-state index is 10.8. The third-order valence-corrected chi connectivity index (χ3v) is 2.62. The number of hydrogen-bond acceptors (Lipinski definition) is 5. The van der Waals surface area contributed by atoms with Crippen LogP contribution in [0.4, 0.5) is 0 Å². The lowest BCUT2D eigenvalue weighted by molar-refractivity contribution is 0.304. The molecule has 82 valence electrons. The molecule has 0 aromatic heterocycles. The van der Waals surface area contributed by atoms with E-state index in [0.717, 1.165) is 0 Å². The van der Waals surface area contributed by atoms with E-state index in [1.54, 1.807) is 18.9 Å². The maximum Gasteiger partial charge on any atom is 0.148 e. The molecular formula is C8H17N3O2S. The fourth-order valence-electron chi connectivity index (χ4n) is 0.997. The summed E-state index contributed by atoms with van der Waals surface area (Å²) in [6, 6.07) is 1.96. The van der Waals surface area contributed by atoms with Gasteiger partial charge in [-0.15, -0.1) is 0 Å². The van der Waals surface area contributed by atoms with E-state index >= 15 is 0 Å². The molecule has 1 atom stereocenters. The van der Waals surface area contributed by atoms with Crippen LogP contribution >= 0.6 is 0 Å². The molecule has 0 aromatic rings. The molecule has 0 bridgehead atoms. The van der Waals surface area contributed by atoms with E-state index in [1.165, 1.54) is 6.26 Å². The highest BCUT2D eigenvalue weighted by Crippen LogP contribution is 1.99. The number of likely N-dealkylation sites (N-methyl/N-ethyl adjacent to an activating group) is 1. The first-order chi connectivity index (χ1) is 6.16. The molecule has 14 heavy (non-hydrogen) atoms. The first-order valence-electron chi connectivity index (χ1n) is 4.23. The largest absolute Gasteiger partial charge is 0.313 e. The van der Waals surface area contributed by atoms with Gasteiger partial charge in [-0.25, -0.2) is 8.42 Å². The molecule has 0 aliphatic heterocycles. The van der Waals surface area contributed by atoms with Crippen LogP contribution in [0.1, 0.15) is 6.92 Å². The Morgan fingerprint density at radius 3 is 2.43 bits per heavy atom. The molecule has 2 N–H and O–H groups in total. The molecule has 0 amide bonds. The summed E-state index contributed by atoms with van der Waals surface area (Å²) < 4.78 is 21.7. The van der Waals surface area contributed by atoms with E-state index in [1.807, 2.05) is 6.07 Å². The quantitative estimate of drug-likeness (QED) is 0.654. The van der Waals surface area contributed by atoms with Gasteiger partial charge in [0, 0.05) is 19.3 Å². The molecule has 0 rings (SSSR count). The Bertz CT molecular complexity index is 316. The lowest BCUT2D eigenvalue weighted by Crippen LogP contribution is -2.46. The standard InChI is InChI=1S/C8H17N3O2S/c1-8(10,6-9)7-11(2)4-5-14(3,12)13/h4-5,7,10H2,1-3H3. The van der Waals surface area contributed by atoms with Gasteiger partial charge in [-0.2, -0.15) is 5.26 Å². The van der Waals surface area contributed by atoms with Crippen LogP contribution < -0.4 is 5.73 Å². The van der Waals surface area contributed by atoms with Crippen LogP contribution in [0.2, 0.25) is 0 Å². The molecule has 0 aliphatic carbocycles. The number of rotatable bonds is 5. The fourth-order valence-corrected chi connectivity index (χ4v) is 1.64. The van der Waals surface area contributed by atoms with E-state index in [4.69, 9.17) is 11.0 Å². The molecule has 0 heterocycles. The Morgan fingerprint density at radius 1 is 1.57 bits per heavy atom.